The molecule has 2 saturated heterocycles. The topological polar surface area (TPSA) is 69.4 Å². The highest BCUT2D eigenvalue weighted by Crippen LogP contribution is 2.29. The van der Waals surface area contributed by atoms with Gasteiger partial charge in [-0.15, -0.1) is 0 Å². The van der Waals surface area contributed by atoms with Crippen LogP contribution in [0.3, 0.4) is 0 Å². The van der Waals surface area contributed by atoms with Crippen molar-refractivity contribution >= 4 is 17.1 Å². The van der Waals surface area contributed by atoms with Crippen molar-refractivity contribution in [2.75, 3.05) is 26.3 Å². The van der Waals surface area contributed by atoms with Crippen LogP contribution in [0, 0.1) is 11.8 Å². The van der Waals surface area contributed by atoms with E-state index in [1.807, 2.05) is 26.2 Å². The predicted molar refractivity (Wildman–Crippen MR) is 114 cm³/mol. The Kier molecular flexibility index (Phi) is 5.63. The summed E-state index contributed by atoms with van der Waals surface area (Å²) in [6.45, 7) is 3.45. The van der Waals surface area contributed by atoms with E-state index in [2.05, 4.69) is 4.98 Å². The van der Waals surface area contributed by atoms with Crippen molar-refractivity contribution in [3.05, 3.63) is 28.8 Å². The van der Waals surface area contributed by atoms with Crippen molar-refractivity contribution in [2.45, 2.75) is 64.0 Å². The fourth-order valence-electron chi connectivity index (χ4n) is 5.60. The molecule has 7 heteroatoms. The van der Waals surface area contributed by atoms with Gasteiger partial charge in [0.25, 0.3) is 0 Å². The smallest absolute Gasteiger partial charge is 0.330 e. The quantitative estimate of drug-likeness (QED) is 0.774. The first kappa shape index (κ1) is 19.8. The van der Waals surface area contributed by atoms with Crippen LogP contribution in [0.15, 0.2) is 23.1 Å². The third-order valence-corrected chi connectivity index (χ3v) is 7.30. The average molecular weight is 413 g/mol. The maximum Gasteiger partial charge on any atom is 0.330 e. The molecule has 3 aliphatic rings. The van der Waals surface area contributed by atoms with Gasteiger partial charge in [0.1, 0.15) is 0 Å². The van der Waals surface area contributed by atoms with Crippen LogP contribution in [0.4, 0.5) is 0 Å². The minimum absolute atomic E-state index is 0.00583. The fourth-order valence-corrected chi connectivity index (χ4v) is 5.60. The summed E-state index contributed by atoms with van der Waals surface area (Å²) in [7, 11) is 0. The zero-order chi connectivity index (χ0) is 20.5. The van der Waals surface area contributed by atoms with Gasteiger partial charge in [0, 0.05) is 45.0 Å². The van der Waals surface area contributed by atoms with Gasteiger partial charge in [-0.3, -0.25) is 13.9 Å². The van der Waals surface area contributed by atoms with Crippen molar-refractivity contribution < 1.29 is 9.53 Å². The van der Waals surface area contributed by atoms with E-state index in [-0.39, 0.29) is 23.6 Å². The molecule has 1 atom stereocenters. The number of hydrogen-bond donors (Lipinski definition) is 0. The minimum atomic E-state index is 0.00583. The third kappa shape index (κ3) is 3.68. The summed E-state index contributed by atoms with van der Waals surface area (Å²) in [6.07, 6.45) is 10.5. The maximum absolute atomic E-state index is 13.5. The van der Waals surface area contributed by atoms with Crippen molar-refractivity contribution in [1.82, 2.24) is 19.0 Å². The van der Waals surface area contributed by atoms with E-state index < -0.39 is 0 Å². The zero-order valence-corrected chi connectivity index (χ0v) is 17.7. The average Bonchev–Trinajstić information content (AvgIpc) is 3.38. The number of hydrogen-bond acceptors (Lipinski definition) is 4. The molecule has 3 fully saturated rings. The molecule has 1 amide bonds. The molecule has 2 aromatic heterocycles. The molecule has 5 rings (SSSR count). The summed E-state index contributed by atoms with van der Waals surface area (Å²) in [5.74, 6) is 0.874. The minimum Gasteiger partial charge on any atom is -0.381 e. The van der Waals surface area contributed by atoms with Crippen molar-refractivity contribution in [3.63, 3.8) is 0 Å². The number of rotatable bonds is 4. The molecule has 0 unspecified atom stereocenters. The second-order valence-electron chi connectivity index (χ2n) is 9.23. The van der Waals surface area contributed by atoms with E-state index >= 15 is 0 Å². The lowest BCUT2D eigenvalue weighted by Crippen LogP contribution is -2.38. The summed E-state index contributed by atoms with van der Waals surface area (Å²) in [6, 6.07) is 3.94. The highest BCUT2D eigenvalue weighted by atomic mass is 16.5. The number of aromatic nitrogens is 3. The third-order valence-electron chi connectivity index (χ3n) is 7.30. The molecular weight excluding hydrogens is 380 g/mol. The van der Waals surface area contributed by atoms with E-state index in [0.717, 1.165) is 43.5 Å². The molecule has 0 N–H and O–H groups in total. The van der Waals surface area contributed by atoms with Crippen molar-refractivity contribution in [3.8, 4) is 0 Å². The van der Waals surface area contributed by atoms with E-state index in [1.54, 1.807) is 6.20 Å². The summed E-state index contributed by atoms with van der Waals surface area (Å²) < 4.78 is 9.22. The number of carbonyl (C=O) groups excluding carboxylic acids is 1. The summed E-state index contributed by atoms with van der Waals surface area (Å²) in [4.78, 5) is 33.0. The first-order valence-electron chi connectivity index (χ1n) is 11.6. The number of amides is 1. The molecule has 0 bridgehead atoms. The van der Waals surface area contributed by atoms with E-state index in [0.29, 0.717) is 25.7 Å². The molecule has 4 heterocycles. The number of likely N-dealkylation sites (tertiary alicyclic amines) is 1. The molecule has 162 valence electrons. The Morgan fingerprint density at radius 3 is 2.70 bits per heavy atom. The Balaban J connectivity index is 1.40. The zero-order valence-electron chi connectivity index (χ0n) is 17.7. The lowest BCUT2D eigenvalue weighted by atomic mass is 9.89. The van der Waals surface area contributed by atoms with Crippen LogP contribution in [0.5, 0.6) is 0 Å². The van der Waals surface area contributed by atoms with Crippen LogP contribution in [-0.4, -0.2) is 51.2 Å². The van der Waals surface area contributed by atoms with E-state index in [4.69, 9.17) is 4.74 Å². The molecule has 1 aliphatic carbocycles. The van der Waals surface area contributed by atoms with Gasteiger partial charge in [0.15, 0.2) is 5.65 Å². The Hall–Kier alpha value is -2.15. The number of imidazole rings is 1. The Morgan fingerprint density at radius 2 is 1.90 bits per heavy atom. The Bertz CT molecular complexity index is 953. The molecule has 0 radical (unpaired) electrons. The molecule has 0 aromatic carbocycles. The Morgan fingerprint density at radius 1 is 1.10 bits per heavy atom. The monoisotopic (exact) mass is 412 g/mol. The standard InChI is InChI=1S/C23H32N4O3/c28-22(18-9-13-30-14-10-18)25-12-8-19(16-25)27-21-20(7-4-11-24-21)26(23(27)29)15-17-5-2-1-3-6-17/h4,7,11,17-19H,1-3,5-6,8-10,12-16H2/t19-/m1/s1. The van der Waals surface area contributed by atoms with E-state index in [9.17, 15) is 9.59 Å². The molecule has 1 saturated carbocycles. The second kappa shape index (κ2) is 8.53. The molecule has 0 spiro atoms. The van der Waals surface area contributed by atoms with Crippen LogP contribution in [0.2, 0.25) is 0 Å². The first-order valence-corrected chi connectivity index (χ1v) is 11.6. The van der Waals surface area contributed by atoms with Gasteiger partial charge in [-0.05, 0) is 50.2 Å². The van der Waals surface area contributed by atoms with Crippen LogP contribution in [0.1, 0.15) is 57.4 Å². The van der Waals surface area contributed by atoms with E-state index in [1.165, 1.54) is 32.1 Å². The second-order valence-corrected chi connectivity index (χ2v) is 9.23. The van der Waals surface area contributed by atoms with Gasteiger partial charge >= 0.3 is 5.69 Å². The molecule has 7 nitrogen and oxygen atoms in total. The first-order chi connectivity index (χ1) is 14.7. The van der Waals surface area contributed by atoms with Gasteiger partial charge < -0.3 is 9.64 Å². The summed E-state index contributed by atoms with van der Waals surface area (Å²) >= 11 is 0. The molecule has 2 aromatic rings. The largest absolute Gasteiger partial charge is 0.381 e. The number of nitrogens with zero attached hydrogens (tertiary/aromatic N) is 4. The molecule has 30 heavy (non-hydrogen) atoms. The number of pyridine rings is 1. The SMILES string of the molecule is O=C(C1CCOCC1)N1CC[C@@H](n2c(=O)n(CC3CCCCC3)c3cccnc32)C1. The number of carbonyl (C=O) groups is 1. The lowest BCUT2D eigenvalue weighted by molar-refractivity contribution is -0.137. The molecule has 2 aliphatic heterocycles. The summed E-state index contributed by atoms with van der Waals surface area (Å²) in [5.41, 5.74) is 1.74. The molecular formula is C23H32N4O3. The van der Waals surface area contributed by atoms with Gasteiger partial charge in [0.2, 0.25) is 5.91 Å². The highest BCUT2D eigenvalue weighted by molar-refractivity contribution is 5.79. The normalized spacial score (nSPS) is 24.0. The van der Waals surface area contributed by atoms with Gasteiger partial charge in [-0.25, -0.2) is 9.78 Å². The van der Waals surface area contributed by atoms with Crippen molar-refractivity contribution in [2.24, 2.45) is 11.8 Å². The van der Waals surface area contributed by atoms with Crippen molar-refractivity contribution in [1.29, 1.82) is 0 Å². The van der Waals surface area contributed by atoms with Gasteiger partial charge in [-0.1, -0.05) is 19.3 Å². The predicted octanol–water partition coefficient (Wildman–Crippen LogP) is 2.98. The summed E-state index contributed by atoms with van der Waals surface area (Å²) in [5, 5.41) is 0. The van der Waals surface area contributed by atoms with Crippen LogP contribution >= 0.6 is 0 Å². The van der Waals surface area contributed by atoms with Crippen LogP contribution < -0.4 is 5.69 Å². The fraction of sp³-hybridized carbons (Fsp3) is 0.696. The highest BCUT2D eigenvalue weighted by Gasteiger charge is 2.34. The van der Waals surface area contributed by atoms with Crippen LogP contribution in [-0.2, 0) is 16.1 Å². The van der Waals surface area contributed by atoms with Gasteiger partial charge in [-0.2, -0.15) is 0 Å². The van der Waals surface area contributed by atoms with Crippen LogP contribution in [0.25, 0.3) is 11.2 Å². The Labute approximate surface area is 177 Å². The number of ether oxygens (including phenoxy) is 1. The van der Waals surface area contributed by atoms with Gasteiger partial charge in [0.05, 0.1) is 11.6 Å². The number of fused-ring (bicyclic) bond motifs is 1. The maximum atomic E-state index is 13.5. The lowest BCUT2D eigenvalue weighted by Gasteiger charge is -2.26.